The first-order chi connectivity index (χ1) is 14.9. The molecule has 7 nitrogen and oxygen atoms in total. The number of hydrogen-bond acceptors (Lipinski definition) is 4. The molecule has 0 aliphatic carbocycles. The van der Waals surface area contributed by atoms with Crippen LogP contribution in [0.15, 0.2) is 41.2 Å². The summed E-state index contributed by atoms with van der Waals surface area (Å²) in [7, 11) is 0. The second-order valence-corrected chi connectivity index (χ2v) is 7.06. The molecule has 0 aliphatic rings. The number of fused-ring (bicyclic) bond motifs is 1. The van der Waals surface area contributed by atoms with Crippen LogP contribution in [0, 0.1) is 12.7 Å². The number of aromatic hydroxyl groups is 1. The minimum absolute atomic E-state index is 0.0289. The summed E-state index contributed by atoms with van der Waals surface area (Å²) in [5, 5.41) is 20.9. The molecule has 0 atom stereocenters. The van der Waals surface area contributed by atoms with Crippen molar-refractivity contribution >= 4 is 22.8 Å². The van der Waals surface area contributed by atoms with E-state index in [0.717, 1.165) is 34.9 Å². The molecule has 3 aromatic rings. The summed E-state index contributed by atoms with van der Waals surface area (Å²) < 4.78 is 54.3. The highest BCUT2D eigenvalue weighted by Crippen LogP contribution is 2.32. The minimum Gasteiger partial charge on any atom is -0.506 e. The molecule has 32 heavy (non-hydrogen) atoms. The molecule has 0 saturated heterocycles. The molecule has 168 valence electrons. The third kappa shape index (κ3) is 4.56. The first kappa shape index (κ1) is 22.8. The first-order valence-corrected chi connectivity index (χ1v) is 9.11. The minimum atomic E-state index is -4.63. The summed E-state index contributed by atoms with van der Waals surface area (Å²) in [6, 6.07) is 6.16. The maximum atomic E-state index is 13.8. The number of hydrogen-bond donors (Lipinski definition) is 3. The van der Waals surface area contributed by atoms with Crippen molar-refractivity contribution in [1.82, 2.24) is 9.88 Å². The van der Waals surface area contributed by atoms with E-state index in [0.29, 0.717) is 0 Å². The van der Waals surface area contributed by atoms with Gasteiger partial charge in [-0.3, -0.25) is 14.4 Å². The highest BCUT2D eigenvalue weighted by molar-refractivity contribution is 6.03. The van der Waals surface area contributed by atoms with Gasteiger partial charge in [0.25, 0.3) is 11.5 Å². The number of aliphatic carboxylic acids is 1. The smallest absolute Gasteiger partial charge is 0.416 e. The maximum Gasteiger partial charge on any atom is 0.416 e. The molecule has 0 saturated carbocycles. The van der Waals surface area contributed by atoms with Gasteiger partial charge in [-0.25, -0.2) is 4.39 Å². The second-order valence-electron chi connectivity index (χ2n) is 7.06. The summed E-state index contributed by atoms with van der Waals surface area (Å²) >= 11 is 0. The number of alkyl halides is 3. The van der Waals surface area contributed by atoms with E-state index in [1.54, 1.807) is 0 Å². The number of rotatable bonds is 5. The number of nitrogens with one attached hydrogen (secondary N) is 1. The predicted molar refractivity (Wildman–Crippen MR) is 105 cm³/mol. The number of carbonyl (C=O) groups excluding carboxylic acids is 1. The van der Waals surface area contributed by atoms with Gasteiger partial charge in [-0.2, -0.15) is 13.2 Å². The van der Waals surface area contributed by atoms with Crippen LogP contribution in [0.25, 0.3) is 10.9 Å². The summed E-state index contributed by atoms with van der Waals surface area (Å²) in [4.78, 5) is 36.1. The van der Waals surface area contributed by atoms with Crippen molar-refractivity contribution in [3.8, 4) is 5.75 Å². The van der Waals surface area contributed by atoms with E-state index in [4.69, 9.17) is 5.11 Å². The molecule has 0 spiro atoms. The van der Waals surface area contributed by atoms with Crippen LogP contribution in [0.2, 0.25) is 0 Å². The average Bonchev–Trinajstić information content (AvgIpc) is 2.68. The van der Waals surface area contributed by atoms with Crippen molar-refractivity contribution in [2.45, 2.75) is 19.6 Å². The quantitative estimate of drug-likeness (QED) is 0.516. The van der Waals surface area contributed by atoms with Crippen LogP contribution in [-0.4, -0.2) is 33.2 Å². The van der Waals surface area contributed by atoms with E-state index >= 15 is 0 Å². The van der Waals surface area contributed by atoms with Gasteiger partial charge in [-0.1, -0.05) is 11.6 Å². The first-order valence-electron chi connectivity index (χ1n) is 9.11. The Morgan fingerprint density at radius 1 is 1.12 bits per heavy atom. The number of carboxylic acids is 1. The van der Waals surface area contributed by atoms with E-state index < -0.39 is 59.4 Å². The Morgan fingerprint density at radius 3 is 2.44 bits per heavy atom. The largest absolute Gasteiger partial charge is 0.506 e. The fourth-order valence-corrected chi connectivity index (χ4v) is 3.32. The standard InChI is InChI=1S/C21H16F4N2O5/c1-10-4-11(6-12(5-10)21(23,24)25)9-27-15-3-2-13(22)7-14(15)18(30)17(20(27)32)19(31)26-8-16(28)29/h2-7,30H,8-9H2,1H3,(H,26,31)(H,28,29). The van der Waals surface area contributed by atoms with Crippen molar-refractivity contribution in [2.75, 3.05) is 6.54 Å². The van der Waals surface area contributed by atoms with E-state index in [1.165, 1.54) is 13.0 Å². The van der Waals surface area contributed by atoms with E-state index in [1.807, 2.05) is 5.32 Å². The highest BCUT2D eigenvalue weighted by Gasteiger charge is 2.31. The van der Waals surface area contributed by atoms with Crippen LogP contribution >= 0.6 is 0 Å². The number of pyridine rings is 1. The van der Waals surface area contributed by atoms with Crippen molar-refractivity contribution < 1.29 is 37.4 Å². The van der Waals surface area contributed by atoms with Gasteiger partial charge in [0.2, 0.25) is 0 Å². The number of benzene rings is 2. The second kappa shape index (κ2) is 8.33. The van der Waals surface area contributed by atoms with Crippen LogP contribution in [-0.2, 0) is 17.5 Å². The molecule has 1 amide bonds. The number of halogens is 4. The zero-order valence-electron chi connectivity index (χ0n) is 16.5. The molecule has 1 heterocycles. The average molecular weight is 452 g/mol. The molecular formula is C21H16F4N2O5. The monoisotopic (exact) mass is 452 g/mol. The predicted octanol–water partition coefficient (Wildman–Crippen LogP) is 3.04. The summed E-state index contributed by atoms with van der Waals surface area (Å²) in [5.74, 6) is -4.31. The highest BCUT2D eigenvalue weighted by atomic mass is 19.4. The van der Waals surface area contributed by atoms with Gasteiger partial charge in [-0.15, -0.1) is 0 Å². The van der Waals surface area contributed by atoms with Gasteiger partial charge < -0.3 is 20.1 Å². The van der Waals surface area contributed by atoms with E-state index in [9.17, 15) is 37.1 Å². The molecule has 11 heteroatoms. The van der Waals surface area contributed by atoms with Crippen LogP contribution in [0.4, 0.5) is 17.6 Å². The molecule has 3 N–H and O–H groups in total. The fraction of sp³-hybridized carbons (Fsp3) is 0.190. The summed E-state index contributed by atoms with van der Waals surface area (Å²) in [6.07, 6.45) is -4.63. The van der Waals surface area contributed by atoms with Gasteiger partial charge in [-0.05, 0) is 42.8 Å². The topological polar surface area (TPSA) is 109 Å². The van der Waals surface area contributed by atoms with Gasteiger partial charge in [0, 0.05) is 5.39 Å². The number of aryl methyl sites for hydroxylation is 1. The van der Waals surface area contributed by atoms with Crippen LogP contribution in [0.1, 0.15) is 27.0 Å². The molecule has 0 unspecified atom stereocenters. The molecule has 0 bridgehead atoms. The number of amides is 1. The Balaban J connectivity index is 2.23. The summed E-state index contributed by atoms with van der Waals surface area (Å²) in [5.41, 5.74) is -2.55. The normalized spacial score (nSPS) is 11.5. The maximum absolute atomic E-state index is 13.8. The lowest BCUT2D eigenvalue weighted by atomic mass is 10.0. The molecule has 0 fully saturated rings. The Morgan fingerprint density at radius 2 is 1.81 bits per heavy atom. The lowest BCUT2D eigenvalue weighted by Crippen LogP contribution is -2.36. The number of nitrogens with zero attached hydrogens (tertiary/aromatic N) is 1. The molecule has 1 aromatic heterocycles. The molecule has 0 aliphatic heterocycles. The zero-order valence-corrected chi connectivity index (χ0v) is 16.5. The van der Waals surface area contributed by atoms with Crippen LogP contribution in [0.5, 0.6) is 5.75 Å². The van der Waals surface area contributed by atoms with Gasteiger partial charge in [0.15, 0.2) is 0 Å². The van der Waals surface area contributed by atoms with Gasteiger partial charge >= 0.3 is 12.1 Å². The van der Waals surface area contributed by atoms with Gasteiger partial charge in [0.1, 0.15) is 23.7 Å². The fourth-order valence-electron chi connectivity index (χ4n) is 3.32. The Bertz CT molecular complexity index is 1300. The molecule has 2 aromatic carbocycles. The Kier molecular flexibility index (Phi) is 5.93. The SMILES string of the molecule is Cc1cc(Cn2c(=O)c(C(=O)NCC(=O)O)c(O)c3cc(F)ccc32)cc(C(F)(F)F)c1. The van der Waals surface area contributed by atoms with Crippen molar-refractivity contribution in [3.63, 3.8) is 0 Å². The van der Waals surface area contributed by atoms with Crippen molar-refractivity contribution in [3.05, 3.63) is 74.8 Å². The van der Waals surface area contributed by atoms with Crippen LogP contribution in [0.3, 0.4) is 0 Å². The third-order valence-corrected chi connectivity index (χ3v) is 4.63. The van der Waals surface area contributed by atoms with E-state index in [2.05, 4.69) is 0 Å². The Labute approximate surface area is 177 Å². The lowest BCUT2D eigenvalue weighted by molar-refractivity contribution is -0.138. The number of carboxylic acid groups (broad SMARTS) is 1. The molecular weight excluding hydrogens is 436 g/mol. The lowest BCUT2D eigenvalue weighted by Gasteiger charge is -2.16. The van der Waals surface area contributed by atoms with Crippen molar-refractivity contribution in [1.29, 1.82) is 0 Å². The summed E-state index contributed by atoms with van der Waals surface area (Å²) in [6.45, 7) is 0.160. The molecule has 3 rings (SSSR count). The zero-order chi connectivity index (χ0) is 23.8. The molecule has 0 radical (unpaired) electrons. The third-order valence-electron chi connectivity index (χ3n) is 4.63. The number of aromatic nitrogens is 1. The Hall–Kier alpha value is -3.89. The van der Waals surface area contributed by atoms with E-state index in [-0.39, 0.29) is 22.0 Å². The van der Waals surface area contributed by atoms with Crippen LogP contribution < -0.4 is 10.9 Å². The van der Waals surface area contributed by atoms with Gasteiger partial charge in [0.05, 0.1) is 17.6 Å². The van der Waals surface area contributed by atoms with Crippen molar-refractivity contribution in [2.24, 2.45) is 0 Å². The number of carbonyl (C=O) groups is 2.